The van der Waals surface area contributed by atoms with Crippen molar-refractivity contribution in [3.63, 3.8) is 0 Å². The Labute approximate surface area is 458 Å². The van der Waals surface area contributed by atoms with E-state index in [1.165, 1.54) is 6.92 Å². The van der Waals surface area contributed by atoms with Crippen LogP contribution in [0, 0.1) is 5.92 Å². The lowest BCUT2D eigenvalue weighted by Crippen LogP contribution is -2.76. The van der Waals surface area contributed by atoms with Crippen molar-refractivity contribution in [2.45, 2.75) is 282 Å². The molecule has 21 nitrogen and oxygen atoms in total. The molecule has 26 unspecified atom stereocenters. The molecular formula is C55H82O21S2. The number of ether oxygens (including phenoxy) is 11. The minimum Gasteiger partial charge on any atom is -0.387 e. The molecule has 0 bridgehead atoms. The highest BCUT2D eigenvalue weighted by molar-refractivity contribution is 7.81. The smallest absolute Gasteiger partial charge is 0.387 e. The SMILES string of the molecule is C=CCC(=C)C=CC(C)(O)C1OC2CC3OC4(C)CC5OC6CC7OC8CC9OC%10CC%11OC(C)(CCOS(=O)(=O)O)C(OS(=O)(=O)O)CC%11OC%10CC9OC8CCC7(C)OC6(C)CC(C)C5OC4C(O)C3(C)OC2CC1=C. The van der Waals surface area contributed by atoms with E-state index in [-0.39, 0.29) is 61.5 Å². The molecular weight excluding hydrogens is 1060 g/mol. The maximum atomic E-state index is 12.5. The van der Waals surface area contributed by atoms with Crippen molar-refractivity contribution in [1.82, 2.24) is 0 Å². The van der Waals surface area contributed by atoms with Crippen LogP contribution in [-0.4, -0.2) is 192 Å². The highest BCUT2D eigenvalue weighted by atomic mass is 32.3. The van der Waals surface area contributed by atoms with Gasteiger partial charge in [-0.1, -0.05) is 43.9 Å². The summed E-state index contributed by atoms with van der Waals surface area (Å²) in [6.07, 6.45) is 0.965. The van der Waals surface area contributed by atoms with Gasteiger partial charge in [-0.15, -0.1) is 6.58 Å². The predicted octanol–water partition coefficient (Wildman–Crippen LogP) is 5.06. The van der Waals surface area contributed by atoms with Gasteiger partial charge in [0.2, 0.25) is 0 Å². The Bertz CT molecular complexity index is 2580. The molecule has 11 aliphatic heterocycles. The van der Waals surface area contributed by atoms with Crippen LogP contribution in [0.4, 0.5) is 0 Å². The molecule has 26 atom stereocenters. The van der Waals surface area contributed by atoms with Crippen molar-refractivity contribution in [3.8, 4) is 0 Å². The van der Waals surface area contributed by atoms with Gasteiger partial charge in [0.1, 0.15) is 35.6 Å². The molecule has 0 amide bonds. The molecule has 11 fully saturated rings. The summed E-state index contributed by atoms with van der Waals surface area (Å²) < 4.78 is 151. The number of rotatable bonds is 11. The first-order valence-corrected chi connectivity index (χ1v) is 30.8. The third kappa shape index (κ3) is 10.9. The topological polar surface area (TPSA) is 269 Å². The van der Waals surface area contributed by atoms with E-state index in [2.05, 4.69) is 44.7 Å². The van der Waals surface area contributed by atoms with Gasteiger partial charge in [-0.05, 0) is 85.1 Å². The standard InChI is InChI=1S/C55H82O21S2/c1-11-12-28(2)13-15-50(5,57)48-29(3)19-39-38(70-48)24-45-55(10,73-39)47(56)49-54(9,74-45)27-41-46(71-49)30(4)26-53(8)43(69-41)25-42-52(7,76-53)16-14-31-32(68-42)20-34-33(65-31)21-35-36(66-34)22-40-37(67-35)23-44(75-78(61,62)63)51(6,72-40)17-18-64-77(58,59)60/h11,13,15,30-49,56-57H,1-3,12,14,16-27H2,4-10H3,(H,58,59,60)(H,61,62,63). The zero-order valence-electron chi connectivity index (χ0n) is 45.8. The molecule has 440 valence electrons. The Hall–Kier alpha value is -1.82. The van der Waals surface area contributed by atoms with E-state index in [0.717, 1.165) is 5.57 Å². The molecule has 23 heteroatoms. The molecule has 0 aromatic heterocycles. The number of hydrogen-bond acceptors (Lipinski definition) is 19. The fourth-order valence-corrected chi connectivity index (χ4v) is 16.5. The highest BCUT2D eigenvalue weighted by Gasteiger charge is 2.68. The normalized spacial score (nSPS) is 51.8. The minimum atomic E-state index is -4.95. The molecule has 0 radical (unpaired) electrons. The number of aliphatic hydroxyl groups excluding tert-OH is 1. The maximum Gasteiger partial charge on any atom is 0.397 e. The van der Waals surface area contributed by atoms with Crippen molar-refractivity contribution in [1.29, 1.82) is 0 Å². The summed E-state index contributed by atoms with van der Waals surface area (Å²) in [5.41, 5.74) is -4.80. The van der Waals surface area contributed by atoms with E-state index in [4.69, 9.17) is 60.8 Å². The molecule has 0 aromatic rings. The highest BCUT2D eigenvalue weighted by Crippen LogP contribution is 2.56. The van der Waals surface area contributed by atoms with Crippen LogP contribution in [0.15, 0.2) is 49.1 Å². The molecule has 0 saturated carbocycles. The van der Waals surface area contributed by atoms with Gasteiger partial charge in [-0.2, -0.15) is 16.8 Å². The van der Waals surface area contributed by atoms with E-state index in [1.807, 2.05) is 13.8 Å². The summed E-state index contributed by atoms with van der Waals surface area (Å²) in [5.74, 6) is -0.0290. The molecule has 4 N–H and O–H groups in total. The van der Waals surface area contributed by atoms with Crippen molar-refractivity contribution in [2.24, 2.45) is 5.92 Å². The summed E-state index contributed by atoms with van der Waals surface area (Å²) in [7, 11) is -9.74. The van der Waals surface area contributed by atoms with Gasteiger partial charge < -0.3 is 62.3 Å². The molecule has 11 saturated heterocycles. The second-order valence-electron chi connectivity index (χ2n) is 25.9. The zero-order valence-corrected chi connectivity index (χ0v) is 47.5. The van der Waals surface area contributed by atoms with Gasteiger partial charge >= 0.3 is 20.8 Å². The molecule has 0 aromatic carbocycles. The number of fused-ring (bicyclic) bond motifs is 10. The summed E-state index contributed by atoms with van der Waals surface area (Å²) in [4.78, 5) is 0. The van der Waals surface area contributed by atoms with Gasteiger partial charge in [0, 0.05) is 51.4 Å². The van der Waals surface area contributed by atoms with Crippen LogP contribution in [0.3, 0.4) is 0 Å². The molecule has 11 heterocycles. The number of hydrogen-bond donors (Lipinski definition) is 4. The first-order valence-electron chi connectivity index (χ1n) is 28.0. The van der Waals surface area contributed by atoms with E-state index < -0.39 is 134 Å². The largest absolute Gasteiger partial charge is 0.397 e. The predicted molar refractivity (Wildman–Crippen MR) is 276 cm³/mol. The summed E-state index contributed by atoms with van der Waals surface area (Å²) in [5, 5.41) is 24.1. The lowest BCUT2D eigenvalue weighted by atomic mass is 9.70. The third-order valence-electron chi connectivity index (χ3n) is 19.7. The lowest BCUT2D eigenvalue weighted by Gasteiger charge is -2.62. The summed E-state index contributed by atoms with van der Waals surface area (Å²) in [6.45, 7) is 25.2. The van der Waals surface area contributed by atoms with Gasteiger partial charge in [0.25, 0.3) is 0 Å². The second-order valence-corrected chi connectivity index (χ2v) is 28.0. The Morgan fingerprint density at radius 1 is 0.718 bits per heavy atom. The number of aliphatic hydroxyl groups is 2. The Balaban J connectivity index is 0.753. The summed E-state index contributed by atoms with van der Waals surface area (Å²) >= 11 is 0. The van der Waals surface area contributed by atoms with Gasteiger partial charge in [0.05, 0.1) is 121 Å². The van der Waals surface area contributed by atoms with Crippen molar-refractivity contribution in [2.75, 3.05) is 6.61 Å². The molecule has 11 rings (SSSR count). The molecule has 0 spiro atoms. The van der Waals surface area contributed by atoms with Crippen molar-refractivity contribution < 1.29 is 96.6 Å². The van der Waals surface area contributed by atoms with Crippen LogP contribution < -0.4 is 0 Å². The van der Waals surface area contributed by atoms with Crippen LogP contribution in [0.1, 0.15) is 132 Å². The van der Waals surface area contributed by atoms with Crippen molar-refractivity contribution in [3.05, 3.63) is 49.1 Å². The molecule has 0 aliphatic carbocycles. The van der Waals surface area contributed by atoms with Crippen LogP contribution >= 0.6 is 0 Å². The monoisotopic (exact) mass is 1140 g/mol. The van der Waals surface area contributed by atoms with Crippen LogP contribution in [-0.2, 0) is 81.3 Å². The lowest BCUT2D eigenvalue weighted by molar-refractivity contribution is -0.384. The van der Waals surface area contributed by atoms with E-state index in [1.54, 1.807) is 25.2 Å². The number of allylic oxidation sites excluding steroid dienone is 3. The quantitative estimate of drug-likeness (QED) is 0.120. The zero-order chi connectivity index (χ0) is 55.9. The minimum absolute atomic E-state index is 0.00101. The van der Waals surface area contributed by atoms with Gasteiger partial charge in [-0.25, -0.2) is 8.37 Å². The first kappa shape index (κ1) is 58.0. The van der Waals surface area contributed by atoms with Gasteiger partial charge in [-0.3, -0.25) is 9.11 Å². The first-order chi connectivity index (χ1) is 36.4. The second kappa shape index (κ2) is 20.5. The van der Waals surface area contributed by atoms with Crippen LogP contribution in [0.2, 0.25) is 0 Å². The van der Waals surface area contributed by atoms with Crippen LogP contribution in [0.5, 0.6) is 0 Å². The Kier molecular flexibility index (Phi) is 15.2. The van der Waals surface area contributed by atoms with E-state index in [9.17, 15) is 31.6 Å². The fourth-order valence-electron chi connectivity index (χ4n) is 15.7. The maximum absolute atomic E-state index is 12.5. The average molecular weight is 1140 g/mol. The molecule has 78 heavy (non-hydrogen) atoms. The van der Waals surface area contributed by atoms with Gasteiger partial charge in [0.15, 0.2) is 0 Å². The average Bonchev–Trinajstić information content (AvgIpc) is 3.75. The Morgan fingerprint density at radius 3 is 2.00 bits per heavy atom. The fraction of sp³-hybridized carbons (Fsp3) is 0.855. The Morgan fingerprint density at radius 2 is 1.33 bits per heavy atom. The third-order valence-corrected chi connectivity index (χ3v) is 20.6. The van der Waals surface area contributed by atoms with E-state index >= 15 is 0 Å². The van der Waals surface area contributed by atoms with E-state index in [0.29, 0.717) is 76.2 Å². The molecule has 11 aliphatic rings. The van der Waals surface area contributed by atoms with Crippen LogP contribution in [0.25, 0.3) is 0 Å². The van der Waals surface area contributed by atoms with Crippen molar-refractivity contribution >= 4 is 20.8 Å². The summed E-state index contributed by atoms with van der Waals surface area (Å²) in [6, 6.07) is 0.